The molecule has 0 aliphatic heterocycles. The van der Waals surface area contributed by atoms with Crippen LogP contribution in [-0.4, -0.2) is 10.9 Å². The van der Waals surface area contributed by atoms with Gasteiger partial charge in [-0.05, 0) is 45.8 Å². The Morgan fingerprint density at radius 2 is 2.17 bits per heavy atom. The van der Waals surface area contributed by atoms with Crippen LogP contribution in [-0.2, 0) is 6.54 Å². The van der Waals surface area contributed by atoms with E-state index in [-0.39, 0.29) is 18.3 Å². The van der Waals surface area contributed by atoms with Crippen molar-refractivity contribution < 1.29 is 9.18 Å². The van der Waals surface area contributed by atoms with Crippen LogP contribution in [0.5, 0.6) is 0 Å². The van der Waals surface area contributed by atoms with Gasteiger partial charge in [0.2, 0.25) is 0 Å². The molecule has 0 aliphatic rings. The molecule has 0 saturated carbocycles. The fourth-order valence-electron chi connectivity index (χ4n) is 1.48. The summed E-state index contributed by atoms with van der Waals surface area (Å²) in [5.74, 6) is -0.532. The molecule has 3 nitrogen and oxygen atoms in total. The van der Waals surface area contributed by atoms with Gasteiger partial charge in [0, 0.05) is 18.3 Å². The van der Waals surface area contributed by atoms with Crippen LogP contribution in [0.25, 0.3) is 0 Å². The number of carbonyl (C=O) groups excluding carboxylic acids is 1. The van der Waals surface area contributed by atoms with Crippen LogP contribution in [0, 0.1) is 5.82 Å². The summed E-state index contributed by atoms with van der Waals surface area (Å²) in [4.78, 5) is 15.7. The van der Waals surface area contributed by atoms with Crippen molar-refractivity contribution in [2.45, 2.75) is 6.54 Å². The van der Waals surface area contributed by atoms with Crippen molar-refractivity contribution in [3.63, 3.8) is 0 Å². The van der Waals surface area contributed by atoms with Crippen LogP contribution >= 0.6 is 15.9 Å². The molecule has 0 fully saturated rings. The first-order valence-electron chi connectivity index (χ1n) is 5.29. The van der Waals surface area contributed by atoms with Crippen LogP contribution in [0.3, 0.4) is 0 Å². The zero-order chi connectivity index (χ0) is 13.0. The zero-order valence-corrected chi connectivity index (χ0v) is 10.9. The average molecular weight is 309 g/mol. The first kappa shape index (κ1) is 12.7. The van der Waals surface area contributed by atoms with Crippen LogP contribution in [0.15, 0.2) is 47.2 Å². The molecule has 5 heteroatoms. The number of aromatic nitrogens is 1. The lowest BCUT2D eigenvalue weighted by atomic mass is 10.2. The molecule has 92 valence electrons. The Labute approximate surface area is 112 Å². The average Bonchev–Trinajstić information content (AvgIpc) is 2.36. The van der Waals surface area contributed by atoms with E-state index in [0.29, 0.717) is 10.2 Å². The molecule has 2 rings (SSSR count). The molecule has 18 heavy (non-hydrogen) atoms. The standard InChI is InChI=1S/C13H10BrFN2O/c14-12-7-10(4-5-16-12)13(18)17-8-9-2-1-3-11(15)6-9/h1-7H,8H2,(H,17,18). The molecule has 1 N–H and O–H groups in total. The van der Waals surface area contributed by atoms with Crippen molar-refractivity contribution in [1.29, 1.82) is 0 Å². The Hall–Kier alpha value is -1.75. The first-order chi connectivity index (χ1) is 8.65. The van der Waals surface area contributed by atoms with E-state index in [9.17, 15) is 9.18 Å². The van der Waals surface area contributed by atoms with Gasteiger partial charge in [0.15, 0.2) is 0 Å². The van der Waals surface area contributed by atoms with Gasteiger partial charge in [-0.2, -0.15) is 0 Å². The van der Waals surface area contributed by atoms with E-state index in [1.54, 1.807) is 30.5 Å². The number of nitrogens with one attached hydrogen (secondary N) is 1. The quantitative estimate of drug-likeness (QED) is 0.886. The van der Waals surface area contributed by atoms with Crippen molar-refractivity contribution in [2.24, 2.45) is 0 Å². The number of rotatable bonds is 3. The SMILES string of the molecule is O=C(NCc1cccc(F)c1)c1ccnc(Br)c1. The maximum atomic E-state index is 12.9. The molecule has 1 aromatic heterocycles. The third kappa shape index (κ3) is 3.37. The van der Waals surface area contributed by atoms with Crippen molar-refractivity contribution in [3.8, 4) is 0 Å². The van der Waals surface area contributed by atoms with E-state index in [2.05, 4.69) is 26.2 Å². The fraction of sp³-hybridized carbons (Fsp3) is 0.0769. The smallest absolute Gasteiger partial charge is 0.251 e. The van der Waals surface area contributed by atoms with Crippen molar-refractivity contribution in [2.75, 3.05) is 0 Å². The number of hydrogen-bond donors (Lipinski definition) is 1. The minimum atomic E-state index is -0.312. The third-order valence-corrected chi connectivity index (χ3v) is 2.76. The highest BCUT2D eigenvalue weighted by Gasteiger charge is 2.06. The number of amides is 1. The van der Waals surface area contributed by atoms with Gasteiger partial charge in [0.05, 0.1) is 0 Å². The van der Waals surface area contributed by atoms with Crippen LogP contribution in [0.2, 0.25) is 0 Å². The highest BCUT2D eigenvalue weighted by molar-refractivity contribution is 9.10. The fourth-order valence-corrected chi connectivity index (χ4v) is 1.84. The maximum Gasteiger partial charge on any atom is 0.251 e. The zero-order valence-electron chi connectivity index (χ0n) is 9.36. The Bertz CT molecular complexity index is 574. The van der Waals surface area contributed by atoms with Crippen LogP contribution in [0.4, 0.5) is 4.39 Å². The van der Waals surface area contributed by atoms with Crippen molar-refractivity contribution in [3.05, 3.63) is 64.1 Å². The lowest BCUT2D eigenvalue weighted by Crippen LogP contribution is -2.22. The van der Waals surface area contributed by atoms with Gasteiger partial charge >= 0.3 is 0 Å². The van der Waals surface area contributed by atoms with Crippen molar-refractivity contribution >= 4 is 21.8 Å². The molecule has 0 atom stereocenters. The van der Waals surface area contributed by atoms with Gasteiger partial charge < -0.3 is 5.32 Å². The second-order valence-electron chi connectivity index (χ2n) is 3.68. The Morgan fingerprint density at radius 1 is 1.33 bits per heavy atom. The predicted octanol–water partition coefficient (Wildman–Crippen LogP) is 2.91. The molecular weight excluding hydrogens is 299 g/mol. The van der Waals surface area contributed by atoms with Gasteiger partial charge in [0.1, 0.15) is 10.4 Å². The summed E-state index contributed by atoms with van der Waals surface area (Å²) in [5, 5.41) is 2.72. The minimum Gasteiger partial charge on any atom is -0.348 e. The normalized spacial score (nSPS) is 10.1. The summed E-state index contributed by atoms with van der Waals surface area (Å²) < 4.78 is 13.5. The maximum absolute atomic E-state index is 12.9. The Morgan fingerprint density at radius 3 is 2.89 bits per heavy atom. The molecule has 0 aliphatic carbocycles. The van der Waals surface area contributed by atoms with Crippen molar-refractivity contribution in [1.82, 2.24) is 10.3 Å². The van der Waals surface area contributed by atoms with E-state index in [4.69, 9.17) is 0 Å². The summed E-state index contributed by atoms with van der Waals surface area (Å²) in [7, 11) is 0. The number of halogens is 2. The molecule has 1 aromatic carbocycles. The highest BCUT2D eigenvalue weighted by Crippen LogP contribution is 2.08. The predicted molar refractivity (Wildman–Crippen MR) is 69.5 cm³/mol. The highest BCUT2D eigenvalue weighted by atomic mass is 79.9. The summed E-state index contributed by atoms with van der Waals surface area (Å²) >= 11 is 3.20. The van der Waals surface area contributed by atoms with E-state index >= 15 is 0 Å². The van der Waals surface area contributed by atoms with Gasteiger partial charge in [-0.25, -0.2) is 9.37 Å². The molecule has 0 bridgehead atoms. The van der Waals surface area contributed by atoms with Crippen LogP contribution < -0.4 is 5.32 Å². The molecule has 0 radical (unpaired) electrons. The largest absolute Gasteiger partial charge is 0.348 e. The molecule has 1 heterocycles. The monoisotopic (exact) mass is 308 g/mol. The number of hydrogen-bond acceptors (Lipinski definition) is 2. The topological polar surface area (TPSA) is 42.0 Å². The van der Waals surface area contributed by atoms with Gasteiger partial charge in [0.25, 0.3) is 5.91 Å². The molecule has 0 unspecified atom stereocenters. The van der Waals surface area contributed by atoms with E-state index in [0.717, 1.165) is 5.56 Å². The second kappa shape index (κ2) is 5.73. The molecule has 0 spiro atoms. The second-order valence-corrected chi connectivity index (χ2v) is 4.49. The summed E-state index contributed by atoms with van der Waals surface area (Å²) in [6.07, 6.45) is 1.54. The van der Waals surface area contributed by atoms with E-state index in [1.807, 2.05) is 0 Å². The lowest BCUT2D eigenvalue weighted by molar-refractivity contribution is 0.0950. The van der Waals surface area contributed by atoms with E-state index in [1.165, 1.54) is 12.1 Å². The lowest BCUT2D eigenvalue weighted by Gasteiger charge is -2.05. The number of nitrogens with zero attached hydrogens (tertiary/aromatic N) is 1. The van der Waals surface area contributed by atoms with Gasteiger partial charge in [-0.1, -0.05) is 12.1 Å². The Kier molecular flexibility index (Phi) is 4.04. The van der Waals surface area contributed by atoms with Gasteiger partial charge in [-0.15, -0.1) is 0 Å². The number of benzene rings is 1. The third-order valence-electron chi connectivity index (χ3n) is 2.33. The first-order valence-corrected chi connectivity index (χ1v) is 6.08. The van der Waals surface area contributed by atoms with Gasteiger partial charge in [-0.3, -0.25) is 4.79 Å². The summed E-state index contributed by atoms with van der Waals surface area (Å²) in [6, 6.07) is 9.37. The van der Waals surface area contributed by atoms with E-state index < -0.39 is 0 Å². The molecular formula is C13H10BrFN2O. The van der Waals surface area contributed by atoms with Crippen LogP contribution in [0.1, 0.15) is 15.9 Å². The minimum absolute atomic E-state index is 0.220. The Balaban J connectivity index is 2.00. The summed E-state index contributed by atoms with van der Waals surface area (Å²) in [6.45, 7) is 0.288. The molecule has 1 amide bonds. The number of carbonyl (C=O) groups is 1. The number of pyridine rings is 1. The summed E-state index contributed by atoms with van der Waals surface area (Å²) in [5.41, 5.74) is 1.23. The molecule has 2 aromatic rings. The molecule has 0 saturated heterocycles.